The first kappa shape index (κ1) is 12.4. The minimum Gasteiger partial charge on any atom is -0.307 e. The van der Waals surface area contributed by atoms with Crippen molar-refractivity contribution in [3.63, 3.8) is 0 Å². The van der Waals surface area contributed by atoms with E-state index in [1.165, 1.54) is 6.08 Å². The Hall–Kier alpha value is -1.62. The fourth-order valence-corrected chi connectivity index (χ4v) is 2.42. The molecule has 5 heteroatoms. The molecule has 1 aromatic carbocycles. The lowest BCUT2D eigenvalue weighted by atomic mass is 10.2. The molecule has 0 aliphatic heterocycles. The van der Waals surface area contributed by atoms with Crippen LogP contribution in [0.2, 0.25) is 0 Å². The summed E-state index contributed by atoms with van der Waals surface area (Å²) in [5, 5.41) is 7.00. The Morgan fingerprint density at radius 1 is 1.38 bits per heavy atom. The van der Waals surface area contributed by atoms with Crippen molar-refractivity contribution in [2.45, 2.75) is 12.7 Å². The van der Waals surface area contributed by atoms with Crippen molar-refractivity contribution in [2.24, 2.45) is 0 Å². The highest BCUT2D eigenvalue weighted by molar-refractivity contribution is 7.88. The third-order valence-electron chi connectivity index (χ3n) is 1.94. The van der Waals surface area contributed by atoms with Gasteiger partial charge in [-0.05, 0) is 12.5 Å². The van der Waals surface area contributed by atoms with Crippen LogP contribution >= 0.6 is 0 Å². The van der Waals surface area contributed by atoms with Crippen LogP contribution in [0.1, 0.15) is 12.5 Å². The van der Waals surface area contributed by atoms with Crippen LogP contribution < -0.4 is 4.72 Å². The lowest BCUT2D eigenvalue weighted by Gasteiger charge is -2.07. The fraction of sp³-hybridized carbons (Fsp3) is 0.182. The summed E-state index contributed by atoms with van der Waals surface area (Å²) in [5.41, 5.74) is 0.992. The second-order valence-corrected chi connectivity index (χ2v) is 4.96. The van der Waals surface area contributed by atoms with Gasteiger partial charge < -0.3 is 5.41 Å². The number of hydrogen-bond donors (Lipinski definition) is 2. The Balaban J connectivity index is 2.77. The first-order valence-corrected chi connectivity index (χ1v) is 6.44. The number of rotatable bonds is 5. The maximum Gasteiger partial charge on any atom is 0.236 e. The highest BCUT2D eigenvalue weighted by atomic mass is 32.2. The first-order valence-electron chi connectivity index (χ1n) is 4.78. The summed E-state index contributed by atoms with van der Waals surface area (Å²) < 4.78 is 25.7. The van der Waals surface area contributed by atoms with Gasteiger partial charge in [0.1, 0.15) is 0 Å². The number of sulfonamides is 1. The number of hydrogen-bond acceptors (Lipinski definition) is 3. The molecule has 0 spiro atoms. The van der Waals surface area contributed by atoms with Crippen LogP contribution in [0, 0.1) is 5.41 Å². The van der Waals surface area contributed by atoms with Gasteiger partial charge in [0.15, 0.2) is 0 Å². The molecule has 0 fully saturated rings. The van der Waals surface area contributed by atoms with E-state index in [0.717, 1.165) is 11.8 Å². The zero-order chi connectivity index (χ0) is 12.0. The average Bonchev–Trinajstić information content (AvgIpc) is 2.26. The van der Waals surface area contributed by atoms with Crippen molar-refractivity contribution >= 4 is 16.2 Å². The van der Waals surface area contributed by atoms with Gasteiger partial charge in [0.05, 0.1) is 11.4 Å². The fourth-order valence-electron chi connectivity index (χ4n) is 1.18. The number of allylic oxidation sites excluding steroid dienone is 2. The Morgan fingerprint density at radius 3 is 2.50 bits per heavy atom. The minimum atomic E-state index is -3.43. The van der Waals surface area contributed by atoms with E-state index in [-0.39, 0.29) is 11.4 Å². The van der Waals surface area contributed by atoms with E-state index >= 15 is 0 Å². The molecule has 2 N–H and O–H groups in total. The minimum absolute atomic E-state index is 0.0843. The van der Waals surface area contributed by atoms with E-state index in [1.807, 2.05) is 6.07 Å². The lowest BCUT2D eigenvalue weighted by molar-refractivity contribution is 0.589. The van der Waals surface area contributed by atoms with Crippen LogP contribution in [-0.2, 0) is 15.8 Å². The van der Waals surface area contributed by atoms with Gasteiger partial charge in [0.2, 0.25) is 10.0 Å². The molecule has 0 aromatic heterocycles. The molecule has 0 saturated carbocycles. The van der Waals surface area contributed by atoms with Crippen LogP contribution in [0.15, 0.2) is 42.1 Å². The topological polar surface area (TPSA) is 70.0 Å². The Kier molecular flexibility index (Phi) is 4.25. The van der Waals surface area contributed by atoms with Crippen molar-refractivity contribution in [1.82, 2.24) is 4.72 Å². The molecule has 0 amide bonds. The normalized spacial score (nSPS) is 12.2. The Labute approximate surface area is 95.6 Å². The third kappa shape index (κ3) is 3.86. The Morgan fingerprint density at radius 2 is 2.00 bits per heavy atom. The summed E-state index contributed by atoms with van der Waals surface area (Å²) in [6.07, 6.45) is 2.51. The molecule has 1 aromatic rings. The molecular formula is C11H14N2O2S. The molecule has 0 unspecified atom stereocenters. The highest BCUT2D eigenvalue weighted by Gasteiger charge is 2.11. The first-order chi connectivity index (χ1) is 7.57. The van der Waals surface area contributed by atoms with Gasteiger partial charge in [0, 0.05) is 6.21 Å². The summed E-state index contributed by atoms with van der Waals surface area (Å²) >= 11 is 0. The molecule has 0 saturated heterocycles. The summed E-state index contributed by atoms with van der Waals surface area (Å²) in [5.74, 6) is -0.0843. The smallest absolute Gasteiger partial charge is 0.236 e. The molecule has 0 atom stereocenters. The van der Waals surface area contributed by atoms with E-state index in [2.05, 4.69) is 4.72 Å². The zero-order valence-corrected chi connectivity index (χ0v) is 9.79. The second kappa shape index (κ2) is 5.46. The van der Waals surface area contributed by atoms with Crippen molar-refractivity contribution in [3.8, 4) is 0 Å². The van der Waals surface area contributed by atoms with Gasteiger partial charge in [-0.2, -0.15) is 0 Å². The summed E-state index contributed by atoms with van der Waals surface area (Å²) in [7, 11) is -3.43. The van der Waals surface area contributed by atoms with Gasteiger partial charge in [-0.15, -0.1) is 0 Å². The van der Waals surface area contributed by atoms with Crippen LogP contribution in [0.5, 0.6) is 0 Å². The highest BCUT2D eigenvalue weighted by Crippen LogP contribution is 2.04. The summed E-state index contributed by atoms with van der Waals surface area (Å²) in [6, 6.07) is 8.91. The molecular weight excluding hydrogens is 224 g/mol. The third-order valence-corrected chi connectivity index (χ3v) is 3.20. The number of benzene rings is 1. The molecule has 0 aliphatic carbocycles. The van der Waals surface area contributed by atoms with E-state index in [9.17, 15) is 8.42 Å². The van der Waals surface area contributed by atoms with E-state index in [0.29, 0.717) is 0 Å². The standard InChI is InChI=1S/C11H14N2O2S/c1-2-11(8-12)13-16(14,15)9-10-6-4-3-5-7-10/h2-8,12-13H,9H2,1H3/b11-2+,12-8?. The van der Waals surface area contributed by atoms with Gasteiger partial charge in [-0.3, -0.25) is 4.72 Å². The zero-order valence-electron chi connectivity index (χ0n) is 8.97. The van der Waals surface area contributed by atoms with Crippen LogP contribution in [0.4, 0.5) is 0 Å². The van der Waals surface area contributed by atoms with E-state index in [1.54, 1.807) is 31.2 Å². The molecule has 1 rings (SSSR count). The maximum atomic E-state index is 11.7. The van der Waals surface area contributed by atoms with Gasteiger partial charge >= 0.3 is 0 Å². The quantitative estimate of drug-likeness (QED) is 0.766. The van der Waals surface area contributed by atoms with Crippen molar-refractivity contribution in [2.75, 3.05) is 0 Å². The summed E-state index contributed by atoms with van der Waals surface area (Å²) in [6.45, 7) is 1.67. The lowest BCUT2D eigenvalue weighted by Crippen LogP contribution is -2.25. The molecule has 0 bridgehead atoms. The molecule has 0 aliphatic rings. The predicted octanol–water partition coefficient (Wildman–Crippen LogP) is 1.66. The second-order valence-electron chi connectivity index (χ2n) is 3.24. The van der Waals surface area contributed by atoms with Gasteiger partial charge in [-0.25, -0.2) is 8.42 Å². The maximum absolute atomic E-state index is 11.7. The van der Waals surface area contributed by atoms with Crippen molar-refractivity contribution in [3.05, 3.63) is 47.7 Å². The van der Waals surface area contributed by atoms with Crippen LogP contribution in [-0.4, -0.2) is 14.6 Å². The predicted molar refractivity (Wildman–Crippen MR) is 64.7 cm³/mol. The molecule has 0 radical (unpaired) electrons. The van der Waals surface area contributed by atoms with Crippen LogP contribution in [0.3, 0.4) is 0 Å². The van der Waals surface area contributed by atoms with Gasteiger partial charge in [0.25, 0.3) is 0 Å². The monoisotopic (exact) mass is 238 g/mol. The SMILES string of the molecule is C/C=C(\C=N)NS(=O)(=O)Cc1ccccc1. The van der Waals surface area contributed by atoms with Crippen molar-refractivity contribution in [1.29, 1.82) is 5.41 Å². The molecule has 0 heterocycles. The van der Waals surface area contributed by atoms with Crippen LogP contribution in [0.25, 0.3) is 0 Å². The number of nitrogens with one attached hydrogen (secondary N) is 2. The Bertz CT molecular complexity index is 478. The van der Waals surface area contributed by atoms with Gasteiger partial charge in [-0.1, -0.05) is 36.4 Å². The summed E-state index contributed by atoms with van der Waals surface area (Å²) in [4.78, 5) is 0. The molecule has 16 heavy (non-hydrogen) atoms. The van der Waals surface area contributed by atoms with E-state index in [4.69, 9.17) is 5.41 Å². The molecule has 86 valence electrons. The van der Waals surface area contributed by atoms with Crippen molar-refractivity contribution < 1.29 is 8.42 Å². The molecule has 4 nitrogen and oxygen atoms in total. The largest absolute Gasteiger partial charge is 0.307 e. The average molecular weight is 238 g/mol. The van der Waals surface area contributed by atoms with E-state index < -0.39 is 10.0 Å².